The quantitative estimate of drug-likeness (QED) is 0.0573. The molecular weight excluding hydrogens is 1130 g/mol. The highest BCUT2D eigenvalue weighted by Crippen LogP contribution is 2.54. The van der Waals surface area contributed by atoms with Crippen molar-refractivity contribution in [1.29, 1.82) is 0 Å². The van der Waals surface area contributed by atoms with Crippen LogP contribution in [-0.2, 0) is 20.9 Å². The Bertz CT molecular complexity index is 4250. The van der Waals surface area contributed by atoms with Crippen molar-refractivity contribution in [1.82, 2.24) is 55.0 Å². The number of aromatic nitrogens is 8. The predicted molar refractivity (Wildman–Crippen MR) is 327 cm³/mol. The lowest BCUT2D eigenvalue weighted by atomic mass is 9.88. The number of carbonyl (C=O) groups excluding carboxylic acids is 2. The van der Waals surface area contributed by atoms with Gasteiger partial charge in [-0.15, -0.1) is 11.3 Å². The highest BCUT2D eigenvalue weighted by molar-refractivity contribution is 7.13. The van der Waals surface area contributed by atoms with Gasteiger partial charge in [0.1, 0.15) is 41.9 Å². The van der Waals surface area contributed by atoms with E-state index < -0.39 is 41.6 Å². The lowest BCUT2D eigenvalue weighted by Gasteiger charge is -2.36. The molecule has 5 N–H and O–H groups in total. The smallest absolute Gasteiger partial charge is 0.319 e. The molecule has 2 bridgehead atoms. The van der Waals surface area contributed by atoms with Crippen LogP contribution in [0.5, 0.6) is 11.8 Å². The fourth-order valence-electron chi connectivity index (χ4n) is 14.2. The number of halogens is 1. The van der Waals surface area contributed by atoms with Gasteiger partial charge in [-0.05, 0) is 104 Å². The molecule has 6 unspecified atom stereocenters. The molecule has 450 valence electrons. The van der Waals surface area contributed by atoms with Crippen molar-refractivity contribution < 1.29 is 38.4 Å². The first-order valence-corrected chi connectivity index (χ1v) is 31.5. The van der Waals surface area contributed by atoms with E-state index in [1.807, 2.05) is 63.2 Å². The maximum atomic E-state index is 16.3. The van der Waals surface area contributed by atoms with Crippen LogP contribution in [0.1, 0.15) is 111 Å². The number of likely N-dealkylation sites (tertiary alicyclic amines) is 2. The SMILES string of the molecule is Cc1ncsc1-c1ccc(C(CO)NC(=O)C2CC(O)CN2C(=O)C(C(C)C)n2cc3c(n2)c(=O)[nH]c2cc(COc4c(-c5c(C)c(F)cc6[nH]ncc56)c(C5CC5)cc5c(N6CC7CC6CN7C6CC6)nc(OC6CCOCC6)nc45)ccc23)cc1. The Morgan fingerprint density at radius 1 is 0.885 bits per heavy atom. The fourth-order valence-corrected chi connectivity index (χ4v) is 15.0. The summed E-state index contributed by atoms with van der Waals surface area (Å²) in [5, 5.41) is 39.5. The molecule has 4 aliphatic heterocycles. The molecule has 0 radical (unpaired) electrons. The molecule has 4 aromatic carbocycles. The monoisotopic (exact) mass is 1200 g/mol. The number of aryl methyl sites for hydroxylation is 1. The number of aliphatic hydroxyl groups excluding tert-OH is 2. The van der Waals surface area contributed by atoms with Gasteiger partial charge in [-0.1, -0.05) is 50.2 Å². The largest absolute Gasteiger partial charge is 0.486 e. The number of piperazine rings is 1. The first-order chi connectivity index (χ1) is 42.2. The number of nitrogens with zero attached hydrogens (tertiary/aromatic N) is 9. The van der Waals surface area contributed by atoms with E-state index in [1.54, 1.807) is 24.8 Å². The number of nitrogens with one attached hydrogen (secondary N) is 3. The molecule has 6 fully saturated rings. The van der Waals surface area contributed by atoms with Gasteiger partial charge in [0.25, 0.3) is 5.56 Å². The summed E-state index contributed by atoms with van der Waals surface area (Å²) < 4.78 is 37.5. The predicted octanol–water partition coefficient (Wildman–Crippen LogP) is 8.69. The number of carbonyl (C=O) groups is 2. The van der Waals surface area contributed by atoms with Gasteiger partial charge >= 0.3 is 6.01 Å². The summed E-state index contributed by atoms with van der Waals surface area (Å²) in [5.74, 6) is -0.193. The Kier molecular flexibility index (Phi) is 14.1. The molecule has 87 heavy (non-hydrogen) atoms. The van der Waals surface area contributed by atoms with Crippen LogP contribution in [0.3, 0.4) is 0 Å². The second-order valence-electron chi connectivity index (χ2n) is 25.1. The van der Waals surface area contributed by atoms with Gasteiger partial charge in [0.15, 0.2) is 11.3 Å². The number of H-pyrrole nitrogens is 2. The van der Waals surface area contributed by atoms with Gasteiger partial charge < -0.3 is 44.5 Å². The summed E-state index contributed by atoms with van der Waals surface area (Å²) in [4.78, 5) is 68.8. The number of thiazole rings is 1. The Labute approximate surface area is 504 Å². The van der Waals surface area contributed by atoms with Gasteiger partial charge in [0, 0.05) is 101 Å². The standard InChI is InChI=1S/C65H69FN12O8S/c1-32(2)58(64(83)77-27-42(80)21-53(77)62(81)70-52(29-79)37-8-10-38(11-9-37)60-34(4)67-31-87-60)78-28-48-44-14-5-35(19-50(44)69-63(82)57(48)74-78)30-85-59-55(54-33(3)49(66)23-51-47(54)24-68-73-51)45(36-6-7-36)22-46-56(59)71-65(86-43-15-17-84-18-16-43)72-61(46)76-26-40-20-41(76)25-75(40)39-12-13-39/h5,8-11,14,19,22-24,28,31-32,36,39-43,52-53,58,79-80H,6-7,12-13,15-18,20-21,25-27,29-30H2,1-4H3,(H,68,73)(H,69,82)(H,70,81). The summed E-state index contributed by atoms with van der Waals surface area (Å²) in [5.41, 5.74) is 9.34. The van der Waals surface area contributed by atoms with Crippen molar-refractivity contribution >= 4 is 72.6 Å². The Morgan fingerprint density at radius 2 is 1.70 bits per heavy atom. The van der Waals surface area contributed by atoms with E-state index in [2.05, 4.69) is 41.3 Å². The second-order valence-corrected chi connectivity index (χ2v) is 26.0. The number of anilines is 1. The van der Waals surface area contributed by atoms with E-state index in [0.29, 0.717) is 87.9 Å². The van der Waals surface area contributed by atoms with E-state index >= 15 is 4.39 Å². The number of β-amino-alcohol motifs (C(OH)–C–C–N with tert-alkyl or cyclic N) is 1. The number of hydrogen-bond acceptors (Lipinski definition) is 16. The topological polar surface area (TPSA) is 242 Å². The van der Waals surface area contributed by atoms with E-state index in [0.717, 1.165) is 81.8 Å². The van der Waals surface area contributed by atoms with Gasteiger partial charge in [-0.3, -0.25) is 29.1 Å². The number of amides is 2. The van der Waals surface area contributed by atoms with Crippen molar-refractivity contribution in [2.75, 3.05) is 44.4 Å². The van der Waals surface area contributed by atoms with Crippen molar-refractivity contribution in [2.24, 2.45) is 5.92 Å². The number of pyridine rings is 1. The average molecular weight is 1200 g/mol. The Morgan fingerprint density at radius 3 is 2.43 bits per heavy atom. The van der Waals surface area contributed by atoms with Crippen LogP contribution in [0.2, 0.25) is 0 Å². The van der Waals surface area contributed by atoms with Crippen LogP contribution in [0.25, 0.3) is 65.2 Å². The number of aliphatic hydroxyl groups is 2. The number of rotatable bonds is 17. The third-order valence-corrected chi connectivity index (χ3v) is 19.9. The Hall–Kier alpha value is -7.89. The van der Waals surface area contributed by atoms with E-state index in [9.17, 15) is 24.6 Å². The minimum atomic E-state index is -1.04. The first kappa shape index (κ1) is 55.7. The molecule has 2 saturated carbocycles. The van der Waals surface area contributed by atoms with Crippen LogP contribution < -0.4 is 25.2 Å². The molecule has 20 nitrogen and oxygen atoms in total. The summed E-state index contributed by atoms with van der Waals surface area (Å²) in [6.45, 7) is 10.0. The zero-order chi connectivity index (χ0) is 59.5. The molecule has 4 saturated heterocycles. The van der Waals surface area contributed by atoms with Crippen molar-refractivity contribution in [3.63, 3.8) is 0 Å². The molecular formula is C65H69FN12O8S. The number of hydrogen-bond donors (Lipinski definition) is 5. The molecule has 6 atom stereocenters. The molecule has 9 heterocycles. The molecule has 6 aliphatic rings. The highest BCUT2D eigenvalue weighted by Gasteiger charge is 2.50. The third-order valence-electron chi connectivity index (χ3n) is 19.0. The first-order valence-electron chi connectivity index (χ1n) is 30.6. The van der Waals surface area contributed by atoms with Crippen LogP contribution in [0.15, 0.2) is 77.3 Å². The van der Waals surface area contributed by atoms with Crippen LogP contribution in [0.4, 0.5) is 10.2 Å². The molecule has 2 amide bonds. The molecule has 5 aromatic heterocycles. The van der Waals surface area contributed by atoms with E-state index in [-0.39, 0.29) is 67.5 Å². The lowest BCUT2D eigenvalue weighted by molar-refractivity contribution is -0.142. The van der Waals surface area contributed by atoms with Crippen molar-refractivity contribution in [2.45, 2.75) is 140 Å². The summed E-state index contributed by atoms with van der Waals surface area (Å²) in [6.07, 6.45) is 9.23. The zero-order valence-electron chi connectivity index (χ0n) is 49.0. The summed E-state index contributed by atoms with van der Waals surface area (Å²) in [6, 6.07) is 15.9. The number of aromatic amines is 2. The minimum Gasteiger partial charge on any atom is -0.486 e. The van der Waals surface area contributed by atoms with Crippen LogP contribution >= 0.6 is 11.3 Å². The van der Waals surface area contributed by atoms with Gasteiger partial charge in [0.05, 0.1) is 59.8 Å². The zero-order valence-corrected chi connectivity index (χ0v) is 49.8. The second kappa shape index (κ2) is 22.1. The molecule has 2 aliphatic carbocycles. The van der Waals surface area contributed by atoms with Gasteiger partial charge in [0.2, 0.25) is 11.8 Å². The van der Waals surface area contributed by atoms with Crippen LogP contribution in [-0.4, -0.2) is 148 Å². The third kappa shape index (κ3) is 10.1. The number of ether oxygens (including phenoxy) is 3. The fraction of sp³-hybridized carbons (Fsp3) is 0.446. The van der Waals surface area contributed by atoms with Crippen molar-refractivity contribution in [3.05, 3.63) is 117 Å². The van der Waals surface area contributed by atoms with E-state index in [1.165, 1.54) is 39.8 Å². The van der Waals surface area contributed by atoms with E-state index in [4.69, 9.17) is 29.3 Å². The normalized spacial score (nSPS) is 21.6. The maximum Gasteiger partial charge on any atom is 0.319 e. The average Bonchev–Trinajstić information content (AvgIpc) is 1.75. The molecule has 22 heteroatoms. The molecule has 15 rings (SSSR count). The lowest BCUT2D eigenvalue weighted by Crippen LogP contribution is -2.50. The number of fused-ring (bicyclic) bond motifs is 7. The highest BCUT2D eigenvalue weighted by atomic mass is 32.1. The summed E-state index contributed by atoms with van der Waals surface area (Å²) >= 11 is 1.53. The summed E-state index contributed by atoms with van der Waals surface area (Å²) in [7, 11) is 0. The maximum absolute atomic E-state index is 16.3. The Balaban J connectivity index is 0.765. The van der Waals surface area contributed by atoms with Gasteiger partial charge in [-0.2, -0.15) is 20.2 Å². The molecule has 0 spiro atoms. The van der Waals surface area contributed by atoms with Gasteiger partial charge in [-0.25, -0.2) is 9.37 Å². The molecule has 9 aromatic rings. The van der Waals surface area contributed by atoms with Crippen LogP contribution in [0, 0.1) is 25.6 Å². The number of benzene rings is 4. The van der Waals surface area contributed by atoms with Crippen molar-refractivity contribution in [3.8, 4) is 33.3 Å². The minimum absolute atomic E-state index is 0.00325.